The van der Waals surface area contributed by atoms with Crippen molar-refractivity contribution >= 4 is 11.6 Å². The van der Waals surface area contributed by atoms with E-state index >= 15 is 0 Å². The summed E-state index contributed by atoms with van der Waals surface area (Å²) in [5, 5.41) is 9.23. The van der Waals surface area contributed by atoms with Gasteiger partial charge in [0, 0.05) is 6.04 Å². The van der Waals surface area contributed by atoms with Crippen molar-refractivity contribution in [3.05, 3.63) is 23.0 Å². The molecule has 1 atom stereocenters. The molecule has 0 unspecified atom stereocenters. The summed E-state index contributed by atoms with van der Waals surface area (Å²) in [4.78, 5) is 3.98. The lowest BCUT2D eigenvalue weighted by atomic mass is 10.1. The molecule has 0 spiro atoms. The number of rotatable bonds is 3. The summed E-state index contributed by atoms with van der Waals surface area (Å²) in [6.07, 6.45) is 1.87. The molecule has 1 heterocycles. The van der Waals surface area contributed by atoms with E-state index in [1.54, 1.807) is 6.07 Å². The van der Waals surface area contributed by atoms with Crippen LogP contribution in [-0.2, 0) is 0 Å². The first-order chi connectivity index (χ1) is 6.15. The molecule has 0 aromatic carbocycles. The smallest absolute Gasteiger partial charge is 0.171 e. The highest BCUT2D eigenvalue weighted by atomic mass is 35.5. The van der Waals surface area contributed by atoms with E-state index < -0.39 is 0 Å². The van der Waals surface area contributed by atoms with E-state index in [1.165, 1.54) is 6.07 Å². The van der Waals surface area contributed by atoms with Gasteiger partial charge in [0.05, 0.1) is 5.69 Å². The Morgan fingerprint density at radius 3 is 2.85 bits per heavy atom. The van der Waals surface area contributed by atoms with Gasteiger partial charge in [-0.3, -0.25) is 0 Å². The zero-order valence-corrected chi connectivity index (χ0v) is 8.25. The van der Waals surface area contributed by atoms with Gasteiger partial charge in [0.1, 0.15) is 0 Å². The van der Waals surface area contributed by atoms with Crippen molar-refractivity contribution in [3.63, 3.8) is 0 Å². The van der Waals surface area contributed by atoms with Crippen LogP contribution in [0.5, 0.6) is 5.75 Å². The van der Waals surface area contributed by atoms with Crippen molar-refractivity contribution in [1.29, 1.82) is 0 Å². The Bertz CT molecular complexity index is 291. The summed E-state index contributed by atoms with van der Waals surface area (Å²) in [6, 6.07) is 3.12. The van der Waals surface area contributed by atoms with Gasteiger partial charge in [0.25, 0.3) is 0 Å². The third-order valence-electron chi connectivity index (χ3n) is 1.83. The maximum absolute atomic E-state index is 9.12. The van der Waals surface area contributed by atoms with Gasteiger partial charge in [0.2, 0.25) is 0 Å². The van der Waals surface area contributed by atoms with Gasteiger partial charge >= 0.3 is 0 Å². The Balaban J connectivity index is 2.84. The molecule has 13 heavy (non-hydrogen) atoms. The second kappa shape index (κ2) is 4.44. The van der Waals surface area contributed by atoms with E-state index in [9.17, 15) is 0 Å². The Kier molecular flexibility index (Phi) is 3.51. The molecule has 0 bridgehead atoms. The molecule has 3 nitrogen and oxygen atoms in total. The predicted molar refractivity (Wildman–Crippen MR) is 52.7 cm³/mol. The Hall–Kier alpha value is -0.800. The second-order valence-corrected chi connectivity index (χ2v) is 3.30. The van der Waals surface area contributed by atoms with Crippen molar-refractivity contribution in [1.82, 2.24) is 4.98 Å². The quantitative estimate of drug-likeness (QED) is 0.736. The zero-order chi connectivity index (χ0) is 9.84. The van der Waals surface area contributed by atoms with Gasteiger partial charge in [-0.05, 0) is 18.6 Å². The SMILES string of the molecule is CCC[C@@H](N)c1ccc(O)c(Cl)n1. The number of nitrogens with two attached hydrogens (primary N) is 1. The number of hydrogen-bond donors (Lipinski definition) is 2. The van der Waals surface area contributed by atoms with Gasteiger partial charge in [-0.15, -0.1) is 0 Å². The standard InChI is InChI=1S/C9H13ClN2O/c1-2-3-6(11)7-4-5-8(13)9(10)12-7/h4-6,13H,2-3,11H2,1H3/t6-/m1/s1. The van der Waals surface area contributed by atoms with Gasteiger partial charge in [-0.25, -0.2) is 4.98 Å². The average Bonchev–Trinajstić information content (AvgIpc) is 2.10. The van der Waals surface area contributed by atoms with Crippen molar-refractivity contribution in [2.45, 2.75) is 25.8 Å². The van der Waals surface area contributed by atoms with Crippen LogP contribution in [0.3, 0.4) is 0 Å². The maximum atomic E-state index is 9.12. The highest BCUT2D eigenvalue weighted by Gasteiger charge is 2.08. The fraction of sp³-hybridized carbons (Fsp3) is 0.444. The number of halogens is 1. The van der Waals surface area contributed by atoms with E-state index in [1.807, 2.05) is 0 Å². The molecular weight excluding hydrogens is 188 g/mol. The van der Waals surface area contributed by atoms with Gasteiger partial charge in [-0.1, -0.05) is 24.9 Å². The molecule has 1 aromatic heterocycles. The van der Waals surface area contributed by atoms with Crippen LogP contribution < -0.4 is 5.73 Å². The van der Waals surface area contributed by atoms with E-state index in [2.05, 4.69) is 11.9 Å². The molecule has 0 radical (unpaired) electrons. The molecule has 1 aromatic rings. The fourth-order valence-electron chi connectivity index (χ4n) is 1.11. The van der Waals surface area contributed by atoms with Gasteiger partial charge < -0.3 is 10.8 Å². The summed E-state index contributed by atoms with van der Waals surface area (Å²) in [7, 11) is 0. The minimum Gasteiger partial charge on any atom is -0.505 e. The molecule has 0 amide bonds. The third-order valence-corrected chi connectivity index (χ3v) is 2.11. The van der Waals surface area contributed by atoms with Crippen molar-refractivity contribution in [3.8, 4) is 5.75 Å². The van der Waals surface area contributed by atoms with Crippen LogP contribution in [0.4, 0.5) is 0 Å². The first kappa shape index (κ1) is 10.3. The molecule has 0 aliphatic rings. The van der Waals surface area contributed by atoms with Crippen LogP contribution in [0.2, 0.25) is 5.15 Å². The molecule has 0 aliphatic carbocycles. The summed E-state index contributed by atoms with van der Waals surface area (Å²) < 4.78 is 0. The molecule has 72 valence electrons. The van der Waals surface area contributed by atoms with Crippen LogP contribution >= 0.6 is 11.6 Å². The summed E-state index contributed by atoms with van der Waals surface area (Å²) in [5.41, 5.74) is 6.55. The van der Waals surface area contributed by atoms with Gasteiger partial charge in [-0.2, -0.15) is 0 Å². The van der Waals surface area contributed by atoms with E-state index in [0.717, 1.165) is 18.5 Å². The summed E-state index contributed by atoms with van der Waals surface area (Å²) in [6.45, 7) is 2.06. The molecule has 0 aliphatic heterocycles. The van der Waals surface area contributed by atoms with E-state index in [-0.39, 0.29) is 16.9 Å². The van der Waals surface area contributed by atoms with Crippen LogP contribution in [0.1, 0.15) is 31.5 Å². The molecule has 1 rings (SSSR count). The minimum atomic E-state index is -0.0944. The molecule has 0 fully saturated rings. The highest BCUT2D eigenvalue weighted by molar-refractivity contribution is 6.30. The lowest BCUT2D eigenvalue weighted by molar-refractivity contribution is 0.471. The van der Waals surface area contributed by atoms with Crippen molar-refractivity contribution in [2.24, 2.45) is 5.73 Å². The van der Waals surface area contributed by atoms with Crippen LogP contribution in [-0.4, -0.2) is 10.1 Å². The minimum absolute atomic E-state index is 0.00545. The Labute approximate surface area is 82.5 Å². The Morgan fingerprint density at radius 1 is 1.62 bits per heavy atom. The molecule has 0 saturated carbocycles. The largest absolute Gasteiger partial charge is 0.505 e. The number of hydrogen-bond acceptors (Lipinski definition) is 3. The third kappa shape index (κ3) is 2.57. The molecule has 4 heteroatoms. The number of aromatic nitrogens is 1. The van der Waals surface area contributed by atoms with E-state index in [4.69, 9.17) is 22.4 Å². The predicted octanol–water partition coefficient (Wildman–Crippen LogP) is 2.24. The van der Waals surface area contributed by atoms with Gasteiger partial charge in [0.15, 0.2) is 10.9 Å². The lowest BCUT2D eigenvalue weighted by Crippen LogP contribution is -2.11. The number of pyridine rings is 1. The molecule has 0 saturated heterocycles. The van der Waals surface area contributed by atoms with Crippen LogP contribution in [0.25, 0.3) is 0 Å². The fourth-order valence-corrected chi connectivity index (χ4v) is 1.27. The number of nitrogens with zero attached hydrogens (tertiary/aromatic N) is 1. The van der Waals surface area contributed by atoms with Crippen LogP contribution in [0.15, 0.2) is 12.1 Å². The Morgan fingerprint density at radius 2 is 2.31 bits per heavy atom. The lowest BCUT2D eigenvalue weighted by Gasteiger charge is -2.09. The summed E-state index contributed by atoms with van der Waals surface area (Å²) in [5.74, 6) is -0.00545. The normalized spacial score (nSPS) is 12.8. The molecule has 3 N–H and O–H groups in total. The maximum Gasteiger partial charge on any atom is 0.171 e. The van der Waals surface area contributed by atoms with E-state index in [0.29, 0.717) is 0 Å². The van der Waals surface area contributed by atoms with Crippen LogP contribution in [0, 0.1) is 0 Å². The monoisotopic (exact) mass is 200 g/mol. The summed E-state index contributed by atoms with van der Waals surface area (Å²) >= 11 is 5.64. The van der Waals surface area contributed by atoms with Crippen molar-refractivity contribution in [2.75, 3.05) is 0 Å². The highest BCUT2D eigenvalue weighted by Crippen LogP contribution is 2.23. The number of aromatic hydroxyl groups is 1. The van der Waals surface area contributed by atoms with Crippen molar-refractivity contribution < 1.29 is 5.11 Å². The topological polar surface area (TPSA) is 59.1 Å². The first-order valence-electron chi connectivity index (χ1n) is 4.26. The second-order valence-electron chi connectivity index (χ2n) is 2.94. The average molecular weight is 201 g/mol. The first-order valence-corrected chi connectivity index (χ1v) is 4.64. The zero-order valence-electron chi connectivity index (χ0n) is 7.50. The molecular formula is C9H13ClN2O.